The van der Waals surface area contributed by atoms with E-state index in [-0.39, 0.29) is 11.7 Å². The number of aromatic hydroxyl groups is 1. The number of anilines is 2. The van der Waals surface area contributed by atoms with Gasteiger partial charge >= 0.3 is 6.03 Å². The number of guanidine groups is 1. The summed E-state index contributed by atoms with van der Waals surface area (Å²) in [6.07, 6.45) is 0.639. The molecule has 0 fully saturated rings. The van der Waals surface area contributed by atoms with Gasteiger partial charge in [0.1, 0.15) is 5.75 Å². The van der Waals surface area contributed by atoms with Crippen molar-refractivity contribution >= 4 is 23.6 Å². The zero-order valence-corrected chi connectivity index (χ0v) is 17.8. The van der Waals surface area contributed by atoms with Crippen molar-refractivity contribution in [2.24, 2.45) is 4.99 Å². The van der Waals surface area contributed by atoms with E-state index in [1.54, 1.807) is 12.1 Å². The number of urea groups is 1. The Bertz CT molecular complexity index is 1040. The molecule has 2 aromatic carbocycles. The Balaban J connectivity index is 1.71. The minimum absolute atomic E-state index is 0.219. The maximum absolute atomic E-state index is 12.5. The van der Waals surface area contributed by atoms with Crippen LogP contribution >= 0.6 is 0 Å². The van der Waals surface area contributed by atoms with Crippen LogP contribution in [0.1, 0.15) is 22.5 Å². The average Bonchev–Trinajstić information content (AvgIpc) is 2.70. The SMILES string of the molecule is Cc1ccc(NC(=O)NC(=NCCc2ccc(O)cc2)Nc2nc(C)cc(C)n2)cc1. The maximum Gasteiger partial charge on any atom is 0.326 e. The Hall–Kier alpha value is -3.94. The second-order valence-electron chi connectivity index (χ2n) is 7.19. The van der Waals surface area contributed by atoms with Crippen molar-refractivity contribution in [1.82, 2.24) is 15.3 Å². The van der Waals surface area contributed by atoms with Crippen LogP contribution in [-0.2, 0) is 6.42 Å². The summed E-state index contributed by atoms with van der Waals surface area (Å²) in [5, 5.41) is 17.9. The first-order chi connectivity index (χ1) is 14.9. The molecule has 0 aliphatic heterocycles. The third-order valence-electron chi connectivity index (χ3n) is 4.36. The van der Waals surface area contributed by atoms with Gasteiger partial charge in [0.25, 0.3) is 0 Å². The van der Waals surface area contributed by atoms with E-state index in [1.165, 1.54) is 0 Å². The van der Waals surface area contributed by atoms with Gasteiger partial charge in [-0.2, -0.15) is 0 Å². The third-order valence-corrected chi connectivity index (χ3v) is 4.36. The number of aromatic nitrogens is 2. The van der Waals surface area contributed by atoms with Gasteiger partial charge < -0.3 is 10.4 Å². The van der Waals surface area contributed by atoms with Crippen LogP contribution in [0.5, 0.6) is 5.75 Å². The first kappa shape index (κ1) is 21.8. The lowest BCUT2D eigenvalue weighted by atomic mass is 10.1. The van der Waals surface area contributed by atoms with E-state index in [1.807, 2.05) is 63.2 Å². The van der Waals surface area contributed by atoms with Gasteiger partial charge in [-0.3, -0.25) is 15.6 Å². The number of phenolic OH excluding ortho intramolecular Hbond substituents is 1. The Morgan fingerprint density at radius 1 is 0.935 bits per heavy atom. The summed E-state index contributed by atoms with van der Waals surface area (Å²) in [5.41, 5.74) is 4.42. The van der Waals surface area contributed by atoms with Crippen molar-refractivity contribution in [1.29, 1.82) is 0 Å². The number of phenols is 1. The smallest absolute Gasteiger partial charge is 0.326 e. The molecule has 0 saturated heterocycles. The molecular weight excluding hydrogens is 392 g/mol. The molecule has 8 heteroatoms. The lowest BCUT2D eigenvalue weighted by Gasteiger charge is -2.12. The van der Waals surface area contributed by atoms with E-state index in [2.05, 4.69) is 30.9 Å². The molecule has 1 aromatic heterocycles. The summed E-state index contributed by atoms with van der Waals surface area (Å²) in [5.74, 6) is 0.820. The minimum atomic E-state index is -0.427. The van der Waals surface area contributed by atoms with Crippen LogP contribution in [0.2, 0.25) is 0 Å². The highest BCUT2D eigenvalue weighted by Gasteiger charge is 2.09. The van der Waals surface area contributed by atoms with Gasteiger partial charge in [-0.25, -0.2) is 14.8 Å². The van der Waals surface area contributed by atoms with E-state index in [0.717, 1.165) is 22.5 Å². The lowest BCUT2D eigenvalue weighted by Crippen LogP contribution is -2.39. The molecule has 3 aromatic rings. The van der Waals surface area contributed by atoms with Crippen LogP contribution in [0.3, 0.4) is 0 Å². The van der Waals surface area contributed by atoms with Crippen LogP contribution < -0.4 is 16.0 Å². The topological polar surface area (TPSA) is 112 Å². The molecule has 31 heavy (non-hydrogen) atoms. The normalized spacial score (nSPS) is 11.1. The quantitative estimate of drug-likeness (QED) is 0.370. The van der Waals surface area contributed by atoms with Gasteiger partial charge in [-0.1, -0.05) is 29.8 Å². The summed E-state index contributed by atoms with van der Waals surface area (Å²) in [6.45, 7) is 6.15. The van der Waals surface area contributed by atoms with Crippen molar-refractivity contribution in [3.05, 3.63) is 77.1 Å². The molecule has 0 spiro atoms. The number of carbonyl (C=O) groups is 1. The standard InChI is InChI=1S/C23H26N6O2/c1-15-4-8-19(9-5-15)27-23(31)29-21(28-22-25-16(2)14-17(3)26-22)24-13-12-18-6-10-20(30)11-7-18/h4-11,14,30H,12-13H2,1-3H3,(H3,24,25,26,27,28,29,31). The number of carbonyl (C=O) groups excluding carboxylic acids is 1. The monoisotopic (exact) mass is 418 g/mol. The number of hydrogen-bond donors (Lipinski definition) is 4. The molecule has 160 valence electrons. The minimum Gasteiger partial charge on any atom is -0.508 e. The molecule has 4 N–H and O–H groups in total. The molecule has 0 radical (unpaired) electrons. The maximum atomic E-state index is 12.5. The molecule has 0 bridgehead atoms. The molecule has 0 unspecified atom stereocenters. The third kappa shape index (κ3) is 7.11. The average molecular weight is 419 g/mol. The highest BCUT2D eigenvalue weighted by Crippen LogP contribution is 2.11. The fourth-order valence-electron chi connectivity index (χ4n) is 2.86. The number of benzene rings is 2. The molecule has 0 saturated carbocycles. The lowest BCUT2D eigenvalue weighted by molar-refractivity contribution is 0.256. The second-order valence-corrected chi connectivity index (χ2v) is 7.19. The van der Waals surface area contributed by atoms with Crippen molar-refractivity contribution in [2.75, 3.05) is 17.2 Å². The summed E-state index contributed by atoms with van der Waals surface area (Å²) >= 11 is 0. The van der Waals surface area contributed by atoms with Gasteiger partial charge in [0.15, 0.2) is 0 Å². The Morgan fingerprint density at radius 3 is 2.23 bits per heavy atom. The summed E-state index contributed by atoms with van der Waals surface area (Å²) in [7, 11) is 0. The first-order valence-corrected chi connectivity index (χ1v) is 9.94. The molecule has 2 amide bonds. The van der Waals surface area contributed by atoms with Crippen LogP contribution in [0.25, 0.3) is 0 Å². The fraction of sp³-hybridized carbons (Fsp3) is 0.217. The van der Waals surface area contributed by atoms with Gasteiger partial charge in [0, 0.05) is 23.6 Å². The summed E-state index contributed by atoms with van der Waals surface area (Å²) in [6, 6.07) is 15.9. The highest BCUT2D eigenvalue weighted by molar-refractivity contribution is 6.07. The summed E-state index contributed by atoms with van der Waals surface area (Å²) < 4.78 is 0. The Morgan fingerprint density at radius 2 is 1.58 bits per heavy atom. The largest absolute Gasteiger partial charge is 0.508 e. The van der Waals surface area contributed by atoms with E-state index in [4.69, 9.17) is 0 Å². The number of hydrogen-bond acceptors (Lipinski definition) is 5. The number of amides is 2. The predicted octanol–water partition coefficient (Wildman–Crippen LogP) is 3.94. The second kappa shape index (κ2) is 10.2. The molecule has 0 aliphatic carbocycles. The molecule has 0 aliphatic rings. The van der Waals surface area contributed by atoms with E-state index in [9.17, 15) is 9.90 Å². The fourth-order valence-corrected chi connectivity index (χ4v) is 2.86. The highest BCUT2D eigenvalue weighted by atomic mass is 16.3. The molecule has 1 heterocycles. The van der Waals surface area contributed by atoms with Crippen molar-refractivity contribution in [3.63, 3.8) is 0 Å². The Kier molecular flexibility index (Phi) is 7.16. The van der Waals surface area contributed by atoms with Crippen molar-refractivity contribution in [3.8, 4) is 5.75 Å². The van der Waals surface area contributed by atoms with Gasteiger partial charge in [0.05, 0.1) is 0 Å². The van der Waals surface area contributed by atoms with Gasteiger partial charge in [0.2, 0.25) is 11.9 Å². The predicted molar refractivity (Wildman–Crippen MR) is 123 cm³/mol. The van der Waals surface area contributed by atoms with Crippen LogP contribution in [0.4, 0.5) is 16.4 Å². The zero-order valence-electron chi connectivity index (χ0n) is 17.8. The number of rotatable bonds is 5. The first-order valence-electron chi connectivity index (χ1n) is 9.94. The van der Waals surface area contributed by atoms with E-state index < -0.39 is 6.03 Å². The Labute approximate surface area is 181 Å². The molecule has 0 atom stereocenters. The number of nitrogens with zero attached hydrogens (tertiary/aromatic N) is 3. The molecular formula is C23H26N6O2. The van der Waals surface area contributed by atoms with Crippen molar-refractivity contribution in [2.45, 2.75) is 27.2 Å². The molecule has 3 rings (SSSR count). The zero-order chi connectivity index (χ0) is 22.2. The van der Waals surface area contributed by atoms with Crippen molar-refractivity contribution < 1.29 is 9.90 Å². The van der Waals surface area contributed by atoms with Crippen LogP contribution in [-0.4, -0.2) is 33.6 Å². The van der Waals surface area contributed by atoms with Gasteiger partial charge in [-0.05, 0) is 63.1 Å². The number of aliphatic imine (C=N–C) groups is 1. The number of aryl methyl sites for hydroxylation is 3. The molecule has 8 nitrogen and oxygen atoms in total. The van der Waals surface area contributed by atoms with Crippen LogP contribution in [0.15, 0.2) is 59.6 Å². The van der Waals surface area contributed by atoms with E-state index >= 15 is 0 Å². The summed E-state index contributed by atoms with van der Waals surface area (Å²) in [4.78, 5) is 25.7. The van der Waals surface area contributed by atoms with Gasteiger partial charge in [-0.15, -0.1) is 0 Å². The van der Waals surface area contributed by atoms with E-state index in [0.29, 0.717) is 24.6 Å². The van der Waals surface area contributed by atoms with Crippen LogP contribution in [0, 0.1) is 20.8 Å². The number of nitrogens with one attached hydrogen (secondary N) is 3.